The lowest BCUT2D eigenvalue weighted by atomic mass is 9.78. The molecule has 0 heterocycles. The second-order valence-corrected chi connectivity index (χ2v) is 3.68. The minimum absolute atomic E-state index is 0.137. The monoisotopic (exact) mass is 173 g/mol. The van der Waals surface area contributed by atoms with Gasteiger partial charge < -0.3 is 15.6 Å². The Bertz CT molecular complexity index is 136. The Morgan fingerprint density at radius 3 is 2.92 bits per heavy atom. The molecule has 0 saturated heterocycles. The van der Waals surface area contributed by atoms with E-state index in [0.29, 0.717) is 6.42 Å². The maximum Gasteiger partial charge on any atom is 0.0751 e. The molecule has 0 radical (unpaired) electrons. The summed E-state index contributed by atoms with van der Waals surface area (Å²) < 4.78 is 5.32. The standard InChI is InChI=1S/C9H19NO2/c1-12-8-4-2-3-5-9(8,10)6-7-11/h8,11H,2-7,10H2,1H3. The second kappa shape index (κ2) is 4.21. The molecule has 1 fully saturated rings. The Labute approximate surface area is 73.9 Å². The van der Waals surface area contributed by atoms with E-state index in [2.05, 4.69) is 0 Å². The molecule has 2 unspecified atom stereocenters. The minimum Gasteiger partial charge on any atom is -0.396 e. The third-order valence-corrected chi connectivity index (χ3v) is 2.86. The van der Waals surface area contributed by atoms with Gasteiger partial charge in [0, 0.05) is 19.3 Å². The summed E-state index contributed by atoms with van der Waals surface area (Å²) in [6, 6.07) is 0. The van der Waals surface area contributed by atoms with Crippen LogP contribution in [-0.4, -0.2) is 30.5 Å². The van der Waals surface area contributed by atoms with Crippen LogP contribution < -0.4 is 5.73 Å². The molecule has 0 spiro atoms. The smallest absolute Gasteiger partial charge is 0.0751 e. The summed E-state index contributed by atoms with van der Waals surface area (Å²) in [6.45, 7) is 0.163. The molecule has 0 amide bonds. The lowest BCUT2D eigenvalue weighted by Crippen LogP contribution is -2.54. The molecule has 1 rings (SSSR count). The Morgan fingerprint density at radius 1 is 1.58 bits per heavy atom. The van der Waals surface area contributed by atoms with E-state index in [1.165, 1.54) is 6.42 Å². The Hall–Kier alpha value is -0.120. The van der Waals surface area contributed by atoms with Crippen molar-refractivity contribution in [2.24, 2.45) is 5.73 Å². The summed E-state index contributed by atoms with van der Waals surface area (Å²) in [6.07, 6.45) is 5.17. The predicted molar refractivity (Wildman–Crippen MR) is 47.9 cm³/mol. The largest absolute Gasteiger partial charge is 0.396 e. The van der Waals surface area contributed by atoms with E-state index in [0.717, 1.165) is 19.3 Å². The first-order valence-corrected chi connectivity index (χ1v) is 4.65. The number of ether oxygens (including phenoxy) is 1. The van der Waals surface area contributed by atoms with Crippen LogP contribution in [0, 0.1) is 0 Å². The highest BCUT2D eigenvalue weighted by Gasteiger charge is 2.36. The van der Waals surface area contributed by atoms with E-state index in [9.17, 15) is 0 Å². The van der Waals surface area contributed by atoms with Crippen LogP contribution in [0.4, 0.5) is 0 Å². The fourth-order valence-corrected chi connectivity index (χ4v) is 2.08. The summed E-state index contributed by atoms with van der Waals surface area (Å²) in [7, 11) is 1.70. The molecule has 1 saturated carbocycles. The van der Waals surface area contributed by atoms with Crippen LogP contribution >= 0.6 is 0 Å². The van der Waals surface area contributed by atoms with Crippen LogP contribution in [0.2, 0.25) is 0 Å². The molecule has 3 nitrogen and oxygen atoms in total. The van der Waals surface area contributed by atoms with Gasteiger partial charge in [-0.3, -0.25) is 0 Å². The van der Waals surface area contributed by atoms with Gasteiger partial charge in [0.25, 0.3) is 0 Å². The van der Waals surface area contributed by atoms with Crippen molar-refractivity contribution >= 4 is 0 Å². The maximum atomic E-state index is 8.86. The number of hydrogen-bond donors (Lipinski definition) is 2. The van der Waals surface area contributed by atoms with Gasteiger partial charge in [-0.15, -0.1) is 0 Å². The van der Waals surface area contributed by atoms with Crippen molar-refractivity contribution in [2.75, 3.05) is 13.7 Å². The lowest BCUT2D eigenvalue weighted by molar-refractivity contribution is -0.00429. The molecule has 3 N–H and O–H groups in total. The Morgan fingerprint density at radius 2 is 2.33 bits per heavy atom. The summed E-state index contributed by atoms with van der Waals surface area (Å²) in [5.74, 6) is 0. The number of rotatable bonds is 3. The van der Waals surface area contributed by atoms with E-state index >= 15 is 0 Å². The van der Waals surface area contributed by atoms with Gasteiger partial charge in [0.2, 0.25) is 0 Å². The van der Waals surface area contributed by atoms with Gasteiger partial charge in [0.15, 0.2) is 0 Å². The Balaban J connectivity index is 2.55. The molecule has 1 aliphatic rings. The van der Waals surface area contributed by atoms with Gasteiger partial charge in [-0.25, -0.2) is 0 Å². The van der Waals surface area contributed by atoms with Gasteiger partial charge in [0.1, 0.15) is 0 Å². The molecule has 0 aromatic rings. The quantitative estimate of drug-likeness (QED) is 0.659. The van der Waals surface area contributed by atoms with Gasteiger partial charge in [0.05, 0.1) is 6.10 Å². The summed E-state index contributed by atoms with van der Waals surface area (Å²) >= 11 is 0. The van der Waals surface area contributed by atoms with Crippen LogP contribution in [0.5, 0.6) is 0 Å². The molecule has 3 heteroatoms. The Kier molecular flexibility index (Phi) is 3.50. The summed E-state index contributed by atoms with van der Waals surface area (Å²) in [5.41, 5.74) is 5.86. The highest BCUT2D eigenvalue weighted by molar-refractivity contribution is 4.95. The highest BCUT2D eigenvalue weighted by atomic mass is 16.5. The van der Waals surface area contributed by atoms with E-state index in [1.54, 1.807) is 7.11 Å². The number of nitrogens with two attached hydrogens (primary N) is 1. The van der Waals surface area contributed by atoms with E-state index in [4.69, 9.17) is 15.6 Å². The van der Waals surface area contributed by atoms with Gasteiger partial charge >= 0.3 is 0 Å². The van der Waals surface area contributed by atoms with Crippen LogP contribution in [-0.2, 0) is 4.74 Å². The van der Waals surface area contributed by atoms with Crippen LogP contribution in [0.3, 0.4) is 0 Å². The average Bonchev–Trinajstić information content (AvgIpc) is 2.05. The zero-order chi connectivity index (χ0) is 9.03. The normalized spacial score (nSPS) is 36.8. The van der Waals surface area contributed by atoms with Gasteiger partial charge in [-0.2, -0.15) is 0 Å². The molecule has 72 valence electrons. The average molecular weight is 173 g/mol. The molecule has 0 aromatic heterocycles. The summed E-state index contributed by atoms with van der Waals surface area (Å²) in [4.78, 5) is 0. The fraction of sp³-hybridized carbons (Fsp3) is 1.00. The second-order valence-electron chi connectivity index (χ2n) is 3.68. The number of hydrogen-bond acceptors (Lipinski definition) is 3. The molecule has 2 atom stereocenters. The third-order valence-electron chi connectivity index (χ3n) is 2.86. The molecule has 12 heavy (non-hydrogen) atoms. The highest BCUT2D eigenvalue weighted by Crippen LogP contribution is 2.30. The fourth-order valence-electron chi connectivity index (χ4n) is 2.08. The molecule has 0 aromatic carbocycles. The SMILES string of the molecule is COC1CCCCC1(N)CCO. The van der Waals surface area contributed by atoms with Crippen molar-refractivity contribution < 1.29 is 9.84 Å². The first-order chi connectivity index (χ1) is 5.73. The zero-order valence-corrected chi connectivity index (χ0v) is 7.75. The topological polar surface area (TPSA) is 55.5 Å². The first kappa shape index (κ1) is 9.96. The predicted octanol–water partition coefficient (Wildman–Crippen LogP) is 0.655. The van der Waals surface area contributed by atoms with Crippen molar-refractivity contribution in [1.29, 1.82) is 0 Å². The van der Waals surface area contributed by atoms with Crippen molar-refractivity contribution in [1.82, 2.24) is 0 Å². The molecular formula is C9H19NO2. The van der Waals surface area contributed by atoms with Crippen molar-refractivity contribution in [3.8, 4) is 0 Å². The van der Waals surface area contributed by atoms with Crippen molar-refractivity contribution in [3.63, 3.8) is 0 Å². The van der Waals surface area contributed by atoms with E-state index < -0.39 is 0 Å². The molecule has 1 aliphatic carbocycles. The zero-order valence-electron chi connectivity index (χ0n) is 7.75. The third kappa shape index (κ3) is 1.97. The first-order valence-electron chi connectivity index (χ1n) is 4.65. The number of aliphatic hydroxyl groups is 1. The molecular weight excluding hydrogens is 154 g/mol. The number of methoxy groups -OCH3 is 1. The van der Waals surface area contributed by atoms with Crippen molar-refractivity contribution in [3.05, 3.63) is 0 Å². The van der Waals surface area contributed by atoms with Crippen LogP contribution in [0.15, 0.2) is 0 Å². The minimum atomic E-state index is -0.276. The van der Waals surface area contributed by atoms with Gasteiger partial charge in [-0.1, -0.05) is 12.8 Å². The van der Waals surface area contributed by atoms with Crippen LogP contribution in [0.25, 0.3) is 0 Å². The maximum absolute atomic E-state index is 8.86. The van der Waals surface area contributed by atoms with Crippen LogP contribution in [0.1, 0.15) is 32.1 Å². The molecule has 0 aliphatic heterocycles. The van der Waals surface area contributed by atoms with E-state index in [1.807, 2.05) is 0 Å². The van der Waals surface area contributed by atoms with Gasteiger partial charge in [-0.05, 0) is 19.3 Å². The molecule has 0 bridgehead atoms. The summed E-state index contributed by atoms with van der Waals surface area (Å²) in [5, 5.41) is 8.86. The van der Waals surface area contributed by atoms with Crippen molar-refractivity contribution in [2.45, 2.75) is 43.7 Å². The van der Waals surface area contributed by atoms with E-state index in [-0.39, 0.29) is 18.2 Å². The lowest BCUT2D eigenvalue weighted by Gasteiger charge is -2.40. The number of aliphatic hydroxyl groups excluding tert-OH is 1.